The Labute approximate surface area is 161 Å². The molecule has 0 spiro atoms. The van der Waals surface area contributed by atoms with Crippen LogP contribution in [0.15, 0.2) is 54.6 Å². The molecule has 6 heteroatoms. The Morgan fingerprint density at radius 2 is 1.93 bits per heavy atom. The molecule has 1 aliphatic heterocycles. The fourth-order valence-corrected chi connectivity index (χ4v) is 4.17. The van der Waals surface area contributed by atoms with Gasteiger partial charge in [0.1, 0.15) is 11.6 Å². The maximum Gasteiger partial charge on any atom is 0.311 e. The van der Waals surface area contributed by atoms with Crippen LogP contribution in [0.5, 0.6) is 0 Å². The molecule has 138 valence electrons. The lowest BCUT2D eigenvalue weighted by molar-refractivity contribution is -0.149. The van der Waals surface area contributed by atoms with Gasteiger partial charge in [-0.3, -0.25) is 9.59 Å². The number of carbonyl (C=O) groups is 2. The van der Waals surface area contributed by atoms with E-state index in [0.717, 1.165) is 21.6 Å². The van der Waals surface area contributed by atoms with Gasteiger partial charge in [0.2, 0.25) is 5.91 Å². The molecule has 0 saturated carbocycles. The zero-order valence-electron chi connectivity index (χ0n) is 14.8. The van der Waals surface area contributed by atoms with E-state index in [1.807, 2.05) is 54.6 Å². The number of aromatic nitrogens is 1. The van der Waals surface area contributed by atoms with Crippen molar-refractivity contribution < 1.29 is 14.3 Å². The molecule has 1 aromatic heterocycles. The maximum atomic E-state index is 12.4. The van der Waals surface area contributed by atoms with Gasteiger partial charge in [0.15, 0.2) is 0 Å². The predicted molar refractivity (Wildman–Crippen MR) is 104 cm³/mol. The van der Waals surface area contributed by atoms with E-state index in [4.69, 9.17) is 4.74 Å². The highest BCUT2D eigenvalue weighted by Crippen LogP contribution is 2.24. The number of fused-ring (bicyclic) bond motifs is 1. The van der Waals surface area contributed by atoms with Gasteiger partial charge in [-0.25, -0.2) is 4.98 Å². The Bertz CT molecular complexity index is 921. The van der Waals surface area contributed by atoms with Gasteiger partial charge in [0, 0.05) is 19.5 Å². The summed E-state index contributed by atoms with van der Waals surface area (Å²) in [6.07, 6.45) is 1.02. The molecular formula is C21H20N2O3S. The third-order valence-corrected chi connectivity index (χ3v) is 5.75. The number of ether oxygens (including phenoxy) is 1. The minimum atomic E-state index is -0.386. The van der Waals surface area contributed by atoms with Crippen molar-refractivity contribution in [2.45, 2.75) is 19.4 Å². The molecule has 1 saturated heterocycles. The molecule has 27 heavy (non-hydrogen) atoms. The Hall–Kier alpha value is -2.73. The molecule has 1 amide bonds. The molecule has 0 bridgehead atoms. The minimum Gasteiger partial charge on any atom is -0.458 e. The molecule has 5 nitrogen and oxygen atoms in total. The number of esters is 1. The molecule has 4 rings (SSSR count). The number of para-hydroxylation sites is 1. The van der Waals surface area contributed by atoms with Crippen LogP contribution in [0.2, 0.25) is 0 Å². The fraction of sp³-hybridized carbons (Fsp3) is 0.286. The number of hydrogen-bond donors (Lipinski definition) is 0. The largest absolute Gasteiger partial charge is 0.458 e. The second-order valence-electron chi connectivity index (χ2n) is 6.66. The van der Waals surface area contributed by atoms with Crippen molar-refractivity contribution in [3.05, 3.63) is 65.2 Å². The second kappa shape index (κ2) is 7.88. The van der Waals surface area contributed by atoms with Crippen molar-refractivity contribution in [2.75, 3.05) is 13.1 Å². The zero-order valence-corrected chi connectivity index (χ0v) is 15.7. The molecule has 2 heterocycles. The Morgan fingerprint density at radius 3 is 2.74 bits per heavy atom. The number of nitrogens with zero attached hydrogens (tertiary/aromatic N) is 2. The Kier molecular flexibility index (Phi) is 5.16. The third-order valence-electron chi connectivity index (χ3n) is 4.74. The van der Waals surface area contributed by atoms with Crippen LogP contribution in [0.4, 0.5) is 0 Å². The number of benzene rings is 2. The van der Waals surface area contributed by atoms with E-state index >= 15 is 0 Å². The Morgan fingerprint density at radius 1 is 1.15 bits per heavy atom. The summed E-state index contributed by atoms with van der Waals surface area (Å²) in [5, 5.41) is 0.773. The van der Waals surface area contributed by atoms with Crippen LogP contribution in [0, 0.1) is 5.92 Å². The van der Waals surface area contributed by atoms with Crippen molar-refractivity contribution in [2.24, 2.45) is 5.92 Å². The quantitative estimate of drug-likeness (QED) is 0.615. The summed E-state index contributed by atoms with van der Waals surface area (Å²) >= 11 is 1.52. The predicted octanol–water partition coefficient (Wildman–Crippen LogP) is 3.43. The number of rotatable bonds is 6. The van der Waals surface area contributed by atoms with Crippen molar-refractivity contribution >= 4 is 33.4 Å². The van der Waals surface area contributed by atoms with Crippen LogP contribution in [-0.4, -0.2) is 34.8 Å². The van der Waals surface area contributed by atoms with Crippen LogP contribution in [0.3, 0.4) is 0 Å². The summed E-state index contributed by atoms with van der Waals surface area (Å²) in [5.41, 5.74) is 2.10. The fourth-order valence-electron chi connectivity index (χ4n) is 3.29. The summed E-state index contributed by atoms with van der Waals surface area (Å²) in [4.78, 5) is 30.8. The van der Waals surface area contributed by atoms with Crippen LogP contribution >= 0.6 is 11.3 Å². The number of amides is 1. The number of carbonyl (C=O) groups excluding carboxylic acids is 2. The monoisotopic (exact) mass is 380 g/mol. The first-order chi connectivity index (χ1) is 13.2. The van der Waals surface area contributed by atoms with Crippen LogP contribution < -0.4 is 0 Å². The average molecular weight is 380 g/mol. The van der Waals surface area contributed by atoms with Gasteiger partial charge in [-0.2, -0.15) is 0 Å². The van der Waals surface area contributed by atoms with Crippen LogP contribution in [0.25, 0.3) is 10.2 Å². The summed E-state index contributed by atoms with van der Waals surface area (Å²) in [7, 11) is 0. The van der Waals surface area contributed by atoms with Crippen LogP contribution in [-0.2, 0) is 27.4 Å². The topological polar surface area (TPSA) is 59.5 Å². The zero-order chi connectivity index (χ0) is 18.6. The van der Waals surface area contributed by atoms with E-state index in [2.05, 4.69) is 4.98 Å². The molecule has 0 N–H and O–H groups in total. The average Bonchev–Trinajstić information content (AvgIpc) is 3.28. The summed E-state index contributed by atoms with van der Waals surface area (Å²) in [6.45, 7) is 1.22. The van der Waals surface area contributed by atoms with Crippen molar-refractivity contribution in [3.8, 4) is 0 Å². The molecule has 1 atom stereocenters. The lowest BCUT2D eigenvalue weighted by Gasteiger charge is -2.16. The number of hydrogen-bond acceptors (Lipinski definition) is 5. The van der Waals surface area contributed by atoms with Gasteiger partial charge in [0.25, 0.3) is 0 Å². The van der Waals surface area contributed by atoms with E-state index in [-0.39, 0.29) is 30.8 Å². The normalized spacial score (nSPS) is 16.8. The lowest BCUT2D eigenvalue weighted by Crippen LogP contribution is -2.28. The highest BCUT2D eigenvalue weighted by molar-refractivity contribution is 7.18. The van der Waals surface area contributed by atoms with Gasteiger partial charge >= 0.3 is 5.97 Å². The minimum absolute atomic E-state index is 0.0212. The highest BCUT2D eigenvalue weighted by atomic mass is 32.1. The smallest absolute Gasteiger partial charge is 0.311 e. The van der Waals surface area contributed by atoms with Gasteiger partial charge in [0.05, 0.1) is 16.1 Å². The van der Waals surface area contributed by atoms with E-state index in [9.17, 15) is 9.59 Å². The van der Waals surface area contributed by atoms with Gasteiger partial charge in [-0.1, -0.05) is 42.5 Å². The summed E-state index contributed by atoms with van der Waals surface area (Å²) < 4.78 is 6.51. The van der Waals surface area contributed by atoms with E-state index < -0.39 is 0 Å². The SMILES string of the molecule is O=C(OCc1nc2ccccc2s1)[C@H]1CC(=O)N(CCc2ccccc2)C1. The van der Waals surface area contributed by atoms with Crippen molar-refractivity contribution in [1.29, 1.82) is 0 Å². The summed E-state index contributed by atoms with van der Waals surface area (Å²) in [5.74, 6) is -0.680. The first-order valence-electron chi connectivity index (χ1n) is 9.02. The van der Waals surface area contributed by atoms with Gasteiger partial charge in [-0.15, -0.1) is 11.3 Å². The van der Waals surface area contributed by atoms with Gasteiger partial charge < -0.3 is 9.64 Å². The molecule has 0 aliphatic carbocycles. The molecule has 3 aromatic rings. The molecule has 1 aliphatic rings. The van der Waals surface area contributed by atoms with E-state index in [1.165, 1.54) is 16.9 Å². The standard InChI is InChI=1S/C21H20N2O3S/c24-20-12-16(13-23(20)11-10-15-6-2-1-3-7-15)21(25)26-14-19-22-17-8-4-5-9-18(17)27-19/h1-9,16H,10-14H2/t16-/m0/s1. The van der Waals surface area contributed by atoms with E-state index in [0.29, 0.717) is 13.1 Å². The molecule has 1 fully saturated rings. The summed E-state index contributed by atoms with van der Waals surface area (Å²) in [6, 6.07) is 17.9. The first-order valence-corrected chi connectivity index (χ1v) is 9.83. The van der Waals surface area contributed by atoms with Crippen LogP contribution in [0.1, 0.15) is 17.0 Å². The molecule has 0 unspecified atom stereocenters. The highest BCUT2D eigenvalue weighted by Gasteiger charge is 2.35. The van der Waals surface area contributed by atoms with Crippen molar-refractivity contribution in [1.82, 2.24) is 9.88 Å². The third kappa shape index (κ3) is 4.17. The van der Waals surface area contributed by atoms with Gasteiger partial charge in [-0.05, 0) is 24.1 Å². The van der Waals surface area contributed by atoms with Crippen molar-refractivity contribution in [3.63, 3.8) is 0 Å². The molecular weight excluding hydrogens is 360 g/mol. The first kappa shape index (κ1) is 17.7. The van der Waals surface area contributed by atoms with E-state index in [1.54, 1.807) is 4.90 Å². The number of likely N-dealkylation sites (tertiary alicyclic amines) is 1. The number of thiazole rings is 1. The Balaban J connectivity index is 1.29. The molecule has 2 aromatic carbocycles. The maximum absolute atomic E-state index is 12.4. The second-order valence-corrected chi connectivity index (χ2v) is 7.77. The lowest BCUT2D eigenvalue weighted by atomic mass is 10.1. The molecule has 0 radical (unpaired) electrons.